The zero-order valence-corrected chi connectivity index (χ0v) is 11.6. The lowest BCUT2D eigenvalue weighted by Gasteiger charge is -2.06. The Morgan fingerprint density at radius 1 is 1.28 bits per heavy atom. The first kappa shape index (κ1) is 19.0. The summed E-state index contributed by atoms with van der Waals surface area (Å²) in [5, 5.41) is 2.49. The minimum absolute atomic E-state index is 0. The number of nitrogens with one attached hydrogen (secondary N) is 1. The number of hydrogen-bond acceptors (Lipinski definition) is 6. The molecule has 7 nitrogen and oxygen atoms in total. The Bertz CT molecular complexity index is 357. The van der Waals surface area contributed by atoms with Gasteiger partial charge in [0.15, 0.2) is 0 Å². The van der Waals surface area contributed by atoms with E-state index in [0.717, 1.165) is 0 Å². The van der Waals surface area contributed by atoms with Crippen LogP contribution in [-0.4, -0.2) is 36.6 Å². The molecule has 0 bridgehead atoms. The van der Waals surface area contributed by atoms with E-state index in [1.165, 1.54) is 20.3 Å². The van der Waals surface area contributed by atoms with Gasteiger partial charge in [-0.3, -0.25) is 10.1 Å². The number of nitrogens with zero attached hydrogens (tertiary/aromatic N) is 2. The van der Waals surface area contributed by atoms with Gasteiger partial charge in [-0.25, -0.2) is 0 Å². The van der Waals surface area contributed by atoms with Crippen molar-refractivity contribution in [3.8, 4) is 11.8 Å². The molecule has 0 saturated carbocycles. The molecule has 1 amide bonds. The van der Waals surface area contributed by atoms with Crippen LogP contribution in [0.4, 0.5) is 5.95 Å². The van der Waals surface area contributed by atoms with E-state index in [0.29, 0.717) is 11.8 Å². The van der Waals surface area contributed by atoms with Gasteiger partial charge in [-0.1, -0.05) is 0 Å². The van der Waals surface area contributed by atoms with Gasteiger partial charge in [-0.15, -0.1) is 24.8 Å². The zero-order chi connectivity index (χ0) is 12.0. The maximum atomic E-state index is 11.3. The normalized spacial score (nSPS) is 8.61. The molecule has 1 aromatic rings. The topological polar surface area (TPSA) is 99.4 Å². The fourth-order valence-electron chi connectivity index (χ4n) is 0.987. The summed E-state index contributed by atoms with van der Waals surface area (Å²) in [5.41, 5.74) is 5.24. The Kier molecular flexibility index (Phi) is 10.3. The predicted molar refractivity (Wildman–Crippen MR) is 71.9 cm³/mol. The Labute approximate surface area is 117 Å². The summed E-state index contributed by atoms with van der Waals surface area (Å²) < 4.78 is 9.86. The van der Waals surface area contributed by atoms with Gasteiger partial charge in [-0.2, -0.15) is 9.97 Å². The number of hydrogen-bond donors (Lipinski definition) is 2. The number of ether oxygens (including phenoxy) is 2. The smallest absolute Gasteiger partial charge is 0.236 e. The van der Waals surface area contributed by atoms with Crippen molar-refractivity contribution in [1.29, 1.82) is 0 Å². The largest absolute Gasteiger partial charge is 0.481 e. The van der Waals surface area contributed by atoms with E-state index in [-0.39, 0.29) is 49.6 Å². The van der Waals surface area contributed by atoms with Crippen molar-refractivity contribution < 1.29 is 14.3 Å². The van der Waals surface area contributed by atoms with Crippen molar-refractivity contribution >= 4 is 36.7 Å². The summed E-state index contributed by atoms with van der Waals surface area (Å²) in [6.07, 6.45) is 0.211. The molecule has 0 unspecified atom stereocenters. The summed E-state index contributed by atoms with van der Waals surface area (Å²) >= 11 is 0. The van der Waals surface area contributed by atoms with Gasteiger partial charge in [0, 0.05) is 13.0 Å². The molecule has 0 aromatic carbocycles. The molecule has 0 atom stereocenters. The summed E-state index contributed by atoms with van der Waals surface area (Å²) in [6, 6.07) is 1.51. The number of aromatic nitrogens is 2. The first-order valence-corrected chi connectivity index (χ1v) is 4.66. The Balaban J connectivity index is 0. The second kappa shape index (κ2) is 9.69. The second-order valence-electron chi connectivity index (χ2n) is 2.86. The highest BCUT2D eigenvalue weighted by Gasteiger charge is 2.08. The van der Waals surface area contributed by atoms with E-state index in [1.54, 1.807) is 0 Å². The third-order valence-corrected chi connectivity index (χ3v) is 1.72. The molecule has 3 N–H and O–H groups in total. The number of rotatable bonds is 5. The lowest BCUT2D eigenvalue weighted by molar-refractivity contribution is -0.116. The third-order valence-electron chi connectivity index (χ3n) is 1.72. The molecule has 1 rings (SSSR count). The van der Waals surface area contributed by atoms with Gasteiger partial charge in [0.1, 0.15) is 0 Å². The number of carbonyl (C=O) groups is 1. The van der Waals surface area contributed by atoms with Crippen LogP contribution in [0.15, 0.2) is 6.07 Å². The zero-order valence-electron chi connectivity index (χ0n) is 10.0. The molecule has 0 radical (unpaired) electrons. The van der Waals surface area contributed by atoms with E-state index in [2.05, 4.69) is 15.3 Å². The third kappa shape index (κ3) is 5.85. The van der Waals surface area contributed by atoms with E-state index in [1.807, 2.05) is 0 Å². The molecule has 0 fully saturated rings. The fraction of sp³-hybridized carbons (Fsp3) is 0.444. The number of carbonyl (C=O) groups excluding carboxylic acids is 1. The van der Waals surface area contributed by atoms with Crippen LogP contribution >= 0.6 is 24.8 Å². The maximum Gasteiger partial charge on any atom is 0.236 e. The van der Waals surface area contributed by atoms with E-state index >= 15 is 0 Å². The van der Waals surface area contributed by atoms with Gasteiger partial charge in [0.2, 0.25) is 23.6 Å². The molecular formula is C9H16Cl2N4O3. The van der Waals surface area contributed by atoms with Crippen LogP contribution in [0.3, 0.4) is 0 Å². The highest BCUT2D eigenvalue weighted by Crippen LogP contribution is 2.17. The number of halogens is 2. The van der Waals surface area contributed by atoms with Crippen molar-refractivity contribution in [2.24, 2.45) is 5.73 Å². The van der Waals surface area contributed by atoms with Crippen LogP contribution in [-0.2, 0) is 4.79 Å². The lowest BCUT2D eigenvalue weighted by atomic mass is 10.4. The molecule has 0 saturated heterocycles. The van der Waals surface area contributed by atoms with Crippen LogP contribution in [0.5, 0.6) is 11.8 Å². The Morgan fingerprint density at radius 3 is 2.17 bits per heavy atom. The van der Waals surface area contributed by atoms with E-state index < -0.39 is 0 Å². The number of methoxy groups -OCH3 is 2. The van der Waals surface area contributed by atoms with Gasteiger partial charge in [0.25, 0.3) is 0 Å². The molecule has 18 heavy (non-hydrogen) atoms. The first-order valence-electron chi connectivity index (χ1n) is 4.66. The number of amides is 1. The van der Waals surface area contributed by atoms with Gasteiger partial charge in [0.05, 0.1) is 20.3 Å². The minimum Gasteiger partial charge on any atom is -0.481 e. The summed E-state index contributed by atoms with van der Waals surface area (Å²) in [7, 11) is 2.93. The van der Waals surface area contributed by atoms with Gasteiger partial charge >= 0.3 is 0 Å². The van der Waals surface area contributed by atoms with Crippen LogP contribution in [0.2, 0.25) is 0 Å². The Morgan fingerprint density at radius 2 is 1.78 bits per heavy atom. The summed E-state index contributed by atoms with van der Waals surface area (Å²) in [6.45, 7) is 0.271. The number of anilines is 1. The molecule has 104 valence electrons. The molecule has 0 aliphatic rings. The predicted octanol–water partition coefficient (Wildman–Crippen LogP) is 0.625. The molecule has 1 aromatic heterocycles. The summed E-state index contributed by atoms with van der Waals surface area (Å²) in [4.78, 5) is 19.1. The van der Waals surface area contributed by atoms with Crippen LogP contribution < -0.4 is 20.5 Å². The number of nitrogens with two attached hydrogens (primary N) is 1. The first-order chi connectivity index (χ1) is 7.69. The highest BCUT2D eigenvalue weighted by molar-refractivity contribution is 5.89. The molecule has 0 aliphatic heterocycles. The summed E-state index contributed by atoms with van der Waals surface area (Å²) in [5.74, 6) is 0.511. The Hall–Kier alpha value is -1.31. The fourth-order valence-corrected chi connectivity index (χ4v) is 0.987. The van der Waals surface area contributed by atoms with Crippen LogP contribution in [0.25, 0.3) is 0 Å². The van der Waals surface area contributed by atoms with Crippen molar-refractivity contribution in [1.82, 2.24) is 9.97 Å². The molecule has 0 aliphatic carbocycles. The molecular weight excluding hydrogens is 283 g/mol. The maximum absolute atomic E-state index is 11.3. The average molecular weight is 299 g/mol. The van der Waals surface area contributed by atoms with Crippen molar-refractivity contribution in [3.05, 3.63) is 6.07 Å². The molecule has 1 heterocycles. The highest BCUT2D eigenvalue weighted by atomic mass is 35.5. The van der Waals surface area contributed by atoms with Gasteiger partial charge < -0.3 is 15.2 Å². The monoisotopic (exact) mass is 298 g/mol. The van der Waals surface area contributed by atoms with Crippen molar-refractivity contribution in [2.75, 3.05) is 26.1 Å². The minimum atomic E-state index is -0.252. The quantitative estimate of drug-likeness (QED) is 0.827. The second-order valence-corrected chi connectivity index (χ2v) is 2.86. The van der Waals surface area contributed by atoms with Crippen LogP contribution in [0.1, 0.15) is 6.42 Å². The van der Waals surface area contributed by atoms with E-state index in [4.69, 9.17) is 15.2 Å². The standard InChI is InChI=1S/C9H14N4O3.2ClH/c1-15-7-5-8(16-2)13-9(12-7)11-6(14)3-4-10;;/h5H,3-4,10H2,1-2H3,(H,11,12,13,14);2*1H. The average Bonchev–Trinajstić information content (AvgIpc) is 2.28. The van der Waals surface area contributed by atoms with Crippen LogP contribution in [0, 0.1) is 0 Å². The SMILES string of the molecule is COc1cc(OC)nc(NC(=O)CCN)n1.Cl.Cl. The van der Waals surface area contributed by atoms with Crippen molar-refractivity contribution in [2.45, 2.75) is 6.42 Å². The molecule has 0 spiro atoms. The van der Waals surface area contributed by atoms with Crippen molar-refractivity contribution in [3.63, 3.8) is 0 Å². The lowest BCUT2D eigenvalue weighted by Crippen LogP contribution is -2.18. The van der Waals surface area contributed by atoms with Gasteiger partial charge in [-0.05, 0) is 0 Å². The van der Waals surface area contributed by atoms with E-state index in [9.17, 15) is 4.79 Å². The molecule has 9 heteroatoms.